The maximum Gasteiger partial charge on any atom is 0.298 e. The number of imide groups is 1. The molecule has 0 atom stereocenters. The van der Waals surface area contributed by atoms with Gasteiger partial charge in [-0.05, 0) is 36.0 Å². The standard InChI is InChI=1S/C17H12N2O5S/c1-24-13-7-4-6-12(10-13)18-16(20)15(25-17(18)21)9-11-5-2-3-8-14(11)19(22)23/h2-10H,1H3/b15-9-. The van der Waals surface area contributed by atoms with Gasteiger partial charge in [-0.3, -0.25) is 19.7 Å². The van der Waals surface area contributed by atoms with Gasteiger partial charge in [0.05, 0.1) is 28.2 Å². The Labute approximate surface area is 147 Å². The third-order valence-electron chi connectivity index (χ3n) is 3.53. The number of carbonyl (C=O) groups excluding carboxylic acids is 2. The highest BCUT2D eigenvalue weighted by Crippen LogP contribution is 2.37. The van der Waals surface area contributed by atoms with Crippen LogP contribution in [-0.2, 0) is 4.79 Å². The van der Waals surface area contributed by atoms with Gasteiger partial charge >= 0.3 is 0 Å². The third kappa shape index (κ3) is 3.24. The van der Waals surface area contributed by atoms with E-state index < -0.39 is 16.1 Å². The molecule has 3 rings (SSSR count). The molecule has 1 heterocycles. The van der Waals surface area contributed by atoms with Gasteiger partial charge in [-0.25, -0.2) is 4.90 Å². The van der Waals surface area contributed by atoms with Crippen molar-refractivity contribution < 1.29 is 19.2 Å². The summed E-state index contributed by atoms with van der Waals surface area (Å²) in [6.07, 6.45) is 1.36. The molecule has 1 saturated heterocycles. The lowest BCUT2D eigenvalue weighted by atomic mass is 10.1. The maximum absolute atomic E-state index is 12.6. The van der Waals surface area contributed by atoms with E-state index >= 15 is 0 Å². The molecule has 0 aromatic heterocycles. The normalized spacial score (nSPS) is 15.7. The summed E-state index contributed by atoms with van der Waals surface area (Å²) >= 11 is 0.740. The lowest BCUT2D eigenvalue weighted by Gasteiger charge is -2.13. The van der Waals surface area contributed by atoms with Crippen LogP contribution in [0.15, 0.2) is 53.4 Å². The average molecular weight is 356 g/mol. The molecule has 7 nitrogen and oxygen atoms in total. The van der Waals surface area contributed by atoms with Gasteiger partial charge in [-0.15, -0.1) is 0 Å². The number of hydrogen-bond acceptors (Lipinski definition) is 6. The number of nitro groups is 1. The van der Waals surface area contributed by atoms with Gasteiger partial charge < -0.3 is 4.74 Å². The minimum atomic E-state index is -0.530. The van der Waals surface area contributed by atoms with E-state index in [9.17, 15) is 19.7 Å². The van der Waals surface area contributed by atoms with Crippen LogP contribution >= 0.6 is 11.8 Å². The molecule has 1 fully saturated rings. The van der Waals surface area contributed by atoms with Gasteiger partial charge in [-0.1, -0.05) is 18.2 Å². The Morgan fingerprint density at radius 3 is 2.64 bits per heavy atom. The van der Waals surface area contributed by atoms with Crippen molar-refractivity contribution in [3.05, 3.63) is 69.1 Å². The smallest absolute Gasteiger partial charge is 0.298 e. The number of carbonyl (C=O) groups is 2. The lowest BCUT2D eigenvalue weighted by molar-refractivity contribution is -0.385. The van der Waals surface area contributed by atoms with E-state index in [1.807, 2.05) is 0 Å². The highest BCUT2D eigenvalue weighted by atomic mass is 32.2. The number of nitro benzene ring substituents is 1. The molecule has 0 aliphatic carbocycles. The molecule has 1 aliphatic heterocycles. The van der Waals surface area contributed by atoms with Crippen LogP contribution in [0.1, 0.15) is 5.56 Å². The molecule has 2 amide bonds. The van der Waals surface area contributed by atoms with Crippen LogP contribution in [-0.4, -0.2) is 23.2 Å². The zero-order valence-electron chi connectivity index (χ0n) is 13.0. The number of para-hydroxylation sites is 1. The van der Waals surface area contributed by atoms with Crippen molar-refractivity contribution in [1.29, 1.82) is 0 Å². The van der Waals surface area contributed by atoms with Crippen LogP contribution < -0.4 is 9.64 Å². The van der Waals surface area contributed by atoms with Crippen LogP contribution in [0.2, 0.25) is 0 Å². The minimum Gasteiger partial charge on any atom is -0.497 e. The Morgan fingerprint density at radius 1 is 1.16 bits per heavy atom. The van der Waals surface area contributed by atoms with Crippen LogP contribution in [0.5, 0.6) is 5.75 Å². The summed E-state index contributed by atoms with van der Waals surface area (Å²) in [5.74, 6) is -0.0133. The Morgan fingerprint density at radius 2 is 1.92 bits per heavy atom. The van der Waals surface area contributed by atoms with Crippen molar-refractivity contribution in [3.63, 3.8) is 0 Å². The molecule has 0 radical (unpaired) electrons. The number of ether oxygens (including phenoxy) is 1. The SMILES string of the molecule is COc1cccc(N2C(=O)S/C(=C\c3ccccc3[N+](=O)[O-])C2=O)c1. The van der Waals surface area contributed by atoms with Gasteiger partial charge in [0.15, 0.2) is 0 Å². The van der Waals surface area contributed by atoms with E-state index in [0.29, 0.717) is 11.4 Å². The Kier molecular flexibility index (Phi) is 4.53. The topological polar surface area (TPSA) is 89.8 Å². The Hall–Kier alpha value is -3.13. The zero-order chi connectivity index (χ0) is 18.0. The number of thioether (sulfide) groups is 1. The summed E-state index contributed by atoms with van der Waals surface area (Å²) in [4.78, 5) is 36.6. The second kappa shape index (κ2) is 6.78. The highest BCUT2D eigenvalue weighted by Gasteiger charge is 2.36. The van der Waals surface area contributed by atoms with Crippen molar-refractivity contribution >= 4 is 40.4 Å². The van der Waals surface area contributed by atoms with E-state index in [-0.39, 0.29) is 16.2 Å². The highest BCUT2D eigenvalue weighted by molar-refractivity contribution is 8.19. The van der Waals surface area contributed by atoms with Crippen molar-refractivity contribution in [2.24, 2.45) is 0 Å². The predicted molar refractivity (Wildman–Crippen MR) is 94.5 cm³/mol. The summed E-state index contributed by atoms with van der Waals surface area (Å²) in [6, 6.07) is 12.6. The average Bonchev–Trinajstić information content (AvgIpc) is 2.89. The number of hydrogen-bond donors (Lipinski definition) is 0. The van der Waals surface area contributed by atoms with Gasteiger partial charge in [0.1, 0.15) is 5.75 Å². The first-order valence-electron chi connectivity index (χ1n) is 7.16. The fraction of sp³-hybridized carbons (Fsp3) is 0.0588. The van der Waals surface area contributed by atoms with E-state index in [1.165, 1.54) is 31.4 Å². The van der Waals surface area contributed by atoms with Crippen molar-refractivity contribution in [3.8, 4) is 5.75 Å². The van der Waals surface area contributed by atoms with Crippen LogP contribution in [0.3, 0.4) is 0 Å². The molecule has 8 heteroatoms. The van der Waals surface area contributed by atoms with Crippen LogP contribution in [0.25, 0.3) is 6.08 Å². The first-order valence-corrected chi connectivity index (χ1v) is 7.98. The second-order valence-corrected chi connectivity index (χ2v) is 6.03. The molecule has 126 valence electrons. The number of rotatable bonds is 4. The number of benzene rings is 2. The Balaban J connectivity index is 1.98. The molecule has 1 aliphatic rings. The van der Waals surface area contributed by atoms with Gasteiger partial charge in [0.2, 0.25) is 0 Å². The molecule has 2 aromatic carbocycles. The minimum absolute atomic E-state index is 0.127. The number of amides is 2. The molecule has 0 spiro atoms. The number of methoxy groups -OCH3 is 1. The predicted octanol–water partition coefficient (Wildman–Crippen LogP) is 3.84. The summed E-state index contributed by atoms with van der Waals surface area (Å²) < 4.78 is 5.10. The summed E-state index contributed by atoms with van der Waals surface area (Å²) in [7, 11) is 1.49. The van der Waals surface area contributed by atoms with E-state index in [1.54, 1.807) is 30.3 Å². The second-order valence-electron chi connectivity index (χ2n) is 5.03. The van der Waals surface area contributed by atoms with Gasteiger partial charge in [0.25, 0.3) is 16.8 Å². The van der Waals surface area contributed by atoms with E-state index in [2.05, 4.69) is 0 Å². The van der Waals surface area contributed by atoms with Gasteiger partial charge in [-0.2, -0.15) is 0 Å². The molecule has 0 unspecified atom stereocenters. The number of anilines is 1. The third-order valence-corrected chi connectivity index (χ3v) is 4.39. The molecule has 2 aromatic rings. The molecule has 25 heavy (non-hydrogen) atoms. The summed E-state index contributed by atoms with van der Waals surface area (Å²) in [5.41, 5.74) is 0.520. The monoisotopic (exact) mass is 356 g/mol. The van der Waals surface area contributed by atoms with Crippen molar-refractivity contribution in [2.75, 3.05) is 12.0 Å². The quantitative estimate of drug-likeness (QED) is 0.470. The first kappa shape index (κ1) is 16.7. The van der Waals surface area contributed by atoms with Crippen LogP contribution in [0, 0.1) is 10.1 Å². The molecule has 0 bridgehead atoms. The fourth-order valence-corrected chi connectivity index (χ4v) is 3.19. The Bertz CT molecular complexity index is 909. The maximum atomic E-state index is 12.6. The molecule has 0 N–H and O–H groups in total. The van der Waals surface area contributed by atoms with E-state index in [4.69, 9.17) is 4.74 Å². The fourth-order valence-electron chi connectivity index (χ4n) is 2.36. The van der Waals surface area contributed by atoms with E-state index in [0.717, 1.165) is 16.7 Å². The number of nitrogens with zero attached hydrogens (tertiary/aromatic N) is 2. The molecular weight excluding hydrogens is 344 g/mol. The molecule has 0 saturated carbocycles. The first-order chi connectivity index (χ1) is 12.0. The summed E-state index contributed by atoms with van der Waals surface area (Å²) in [5, 5.41) is 10.6. The van der Waals surface area contributed by atoms with Crippen LogP contribution in [0.4, 0.5) is 16.2 Å². The lowest BCUT2D eigenvalue weighted by Crippen LogP contribution is -2.27. The molecular formula is C17H12N2O5S. The van der Waals surface area contributed by atoms with Crippen molar-refractivity contribution in [1.82, 2.24) is 0 Å². The largest absolute Gasteiger partial charge is 0.497 e. The van der Waals surface area contributed by atoms with Gasteiger partial charge in [0, 0.05) is 12.1 Å². The zero-order valence-corrected chi connectivity index (χ0v) is 13.9. The summed E-state index contributed by atoms with van der Waals surface area (Å²) in [6.45, 7) is 0. The van der Waals surface area contributed by atoms with Crippen molar-refractivity contribution in [2.45, 2.75) is 0 Å².